The van der Waals surface area contributed by atoms with Gasteiger partial charge in [0.15, 0.2) is 0 Å². The topological polar surface area (TPSA) is 201 Å². The van der Waals surface area contributed by atoms with E-state index in [4.69, 9.17) is 15.3 Å². The lowest BCUT2D eigenvalue weighted by Crippen LogP contribution is -2.76. The average Bonchev–Trinajstić information content (AvgIpc) is 2.78. The summed E-state index contributed by atoms with van der Waals surface area (Å²) in [7, 11) is -4.09. The van der Waals surface area contributed by atoms with Gasteiger partial charge in [0.2, 0.25) is 0 Å². The van der Waals surface area contributed by atoms with E-state index in [0.29, 0.717) is 6.42 Å². The molecule has 1 amide bonds. The number of rotatable bonds is 9. The second kappa shape index (κ2) is 12.3. The molecule has 0 aliphatic rings. The number of quaternary nitrogens is 1. The Morgan fingerprint density at radius 1 is 1.12 bits per heavy atom. The maximum atomic E-state index is 12.0. The van der Waals surface area contributed by atoms with E-state index in [0.717, 1.165) is 17.7 Å². The van der Waals surface area contributed by atoms with E-state index in [1.165, 1.54) is 18.2 Å². The normalized spacial score (nSPS) is 11.3. The van der Waals surface area contributed by atoms with Crippen LogP contribution in [0.25, 0.3) is 0 Å². The lowest BCUT2D eigenvalue weighted by atomic mass is 10.0. The van der Waals surface area contributed by atoms with Crippen LogP contribution in [0.5, 0.6) is 5.75 Å². The number of benzene rings is 2. The molecule has 0 atom stereocenters. The fourth-order valence-electron chi connectivity index (χ4n) is 2.15. The number of carbonyl (C=O) groups is 2. The molecule has 0 unspecified atom stereocenters. The number of hydrogen-bond acceptors (Lipinski definition) is 8. The standard InChI is InChI=1S/C16H15NO7S.C5H13NO2/c1-10-2-5-12(6-3-10)25(22,23)24-9-15(19)17-11-4-7-13(16(20)21)14(18)8-11;1-2-5(6,3-7)4-8/h2-8,18H,9H2,1H3,(H,17,19)(H,20,21);7-8H,2-4,6H2,1H3. The Kier molecular flexibility index (Phi) is 10.4. The second-order valence-corrected chi connectivity index (χ2v) is 8.88. The monoisotopic (exact) mass is 484 g/mol. The number of anilines is 1. The predicted octanol–water partition coefficient (Wildman–Crippen LogP) is -0.527. The van der Waals surface area contributed by atoms with E-state index in [1.807, 2.05) is 6.92 Å². The van der Waals surface area contributed by atoms with Crippen LogP contribution in [0.1, 0.15) is 29.3 Å². The molecule has 11 nitrogen and oxygen atoms in total. The summed E-state index contributed by atoms with van der Waals surface area (Å²) in [6, 6.07) is 9.09. The van der Waals surface area contributed by atoms with Crippen LogP contribution in [-0.2, 0) is 19.1 Å². The van der Waals surface area contributed by atoms with Crippen LogP contribution in [0.3, 0.4) is 0 Å². The molecule has 0 spiro atoms. The van der Waals surface area contributed by atoms with Crippen molar-refractivity contribution in [2.45, 2.75) is 30.7 Å². The summed E-state index contributed by atoms with van der Waals surface area (Å²) in [6.45, 7) is 2.81. The first-order chi connectivity index (χ1) is 15.4. The van der Waals surface area contributed by atoms with Crippen molar-refractivity contribution in [1.29, 1.82) is 0 Å². The maximum absolute atomic E-state index is 12.0. The van der Waals surface area contributed by atoms with Gasteiger partial charge in [-0.05, 0) is 37.3 Å². The van der Waals surface area contributed by atoms with Crippen molar-refractivity contribution in [1.82, 2.24) is 0 Å². The van der Waals surface area contributed by atoms with Gasteiger partial charge < -0.3 is 31.5 Å². The highest BCUT2D eigenvalue weighted by Crippen LogP contribution is 2.19. The van der Waals surface area contributed by atoms with Gasteiger partial charge in [0.05, 0.1) is 10.5 Å². The van der Waals surface area contributed by atoms with Gasteiger partial charge >= 0.3 is 5.97 Å². The summed E-state index contributed by atoms with van der Waals surface area (Å²) >= 11 is 0. The van der Waals surface area contributed by atoms with E-state index in [1.54, 1.807) is 19.1 Å². The van der Waals surface area contributed by atoms with Crippen molar-refractivity contribution in [3.05, 3.63) is 53.6 Å². The van der Waals surface area contributed by atoms with Crippen LogP contribution in [0.15, 0.2) is 47.4 Å². The molecule has 0 aliphatic heterocycles. The molecule has 12 heteroatoms. The van der Waals surface area contributed by atoms with Crippen LogP contribution < -0.4 is 16.2 Å². The van der Waals surface area contributed by atoms with E-state index >= 15 is 0 Å². The van der Waals surface area contributed by atoms with Crippen LogP contribution >= 0.6 is 0 Å². The number of aryl methyl sites for hydroxylation is 1. The highest BCUT2D eigenvalue weighted by Gasteiger charge is 2.24. The van der Waals surface area contributed by atoms with Gasteiger partial charge in [-0.25, -0.2) is 4.79 Å². The quantitative estimate of drug-likeness (QED) is 0.290. The van der Waals surface area contributed by atoms with Gasteiger partial charge in [-0.15, -0.1) is 0 Å². The molecule has 2 rings (SSSR count). The largest absolute Gasteiger partial charge is 0.872 e. The van der Waals surface area contributed by atoms with Crippen LogP contribution in [-0.4, -0.2) is 61.0 Å². The number of aliphatic hydroxyl groups is 2. The number of carboxylic acids is 1. The Labute approximate surface area is 191 Å². The fraction of sp³-hybridized carbons (Fsp3) is 0.333. The lowest BCUT2D eigenvalue weighted by molar-refractivity contribution is -0.490. The van der Waals surface area contributed by atoms with Gasteiger partial charge in [0.25, 0.3) is 16.0 Å². The summed E-state index contributed by atoms with van der Waals surface area (Å²) in [6.07, 6.45) is 0.708. The first kappa shape index (κ1) is 28.0. The Bertz CT molecular complexity index is 1040. The van der Waals surface area contributed by atoms with Crippen molar-refractivity contribution >= 4 is 27.7 Å². The van der Waals surface area contributed by atoms with E-state index in [2.05, 4.69) is 15.2 Å². The van der Waals surface area contributed by atoms with Gasteiger partial charge in [0, 0.05) is 12.1 Å². The number of carbonyl (C=O) groups excluding carboxylic acids is 1. The minimum Gasteiger partial charge on any atom is -0.872 e. The number of nitrogens with one attached hydrogen (secondary N) is 1. The van der Waals surface area contributed by atoms with Gasteiger partial charge in [0.1, 0.15) is 25.4 Å². The number of carboxylic acid groups (broad SMARTS) is 1. The Morgan fingerprint density at radius 3 is 2.12 bits per heavy atom. The second-order valence-electron chi connectivity index (χ2n) is 7.26. The Hall–Kier alpha value is -3.03. The average molecular weight is 485 g/mol. The number of aliphatic hydroxyl groups excluding tert-OH is 2. The summed E-state index contributed by atoms with van der Waals surface area (Å²) in [5.41, 5.74) is 3.59. The molecule has 2 aromatic rings. The molecule has 0 aliphatic carbocycles. The van der Waals surface area contributed by atoms with Crippen LogP contribution in [0.4, 0.5) is 5.69 Å². The van der Waals surface area contributed by atoms with Gasteiger partial charge in [-0.2, -0.15) is 8.42 Å². The molecular formula is C21H28N2O9S. The van der Waals surface area contributed by atoms with Crippen molar-refractivity contribution in [2.24, 2.45) is 0 Å². The molecule has 2 aromatic carbocycles. The minimum atomic E-state index is -4.09. The minimum absolute atomic E-state index is 0.0383. The SMILES string of the molecule is CCC([NH3+])(CO)CO.Cc1ccc(S(=O)(=O)OCC(=O)Nc2ccc(C(=O)O)c([O-])c2)cc1. The highest BCUT2D eigenvalue weighted by molar-refractivity contribution is 7.86. The molecule has 0 bridgehead atoms. The summed E-state index contributed by atoms with van der Waals surface area (Å²) < 4.78 is 28.6. The van der Waals surface area contributed by atoms with Crippen molar-refractivity contribution in [3.8, 4) is 5.75 Å². The first-order valence-corrected chi connectivity index (χ1v) is 11.2. The van der Waals surface area contributed by atoms with E-state index < -0.39 is 45.5 Å². The maximum Gasteiger partial charge on any atom is 0.335 e. The molecule has 0 radical (unpaired) electrons. The Balaban J connectivity index is 0.000000582. The zero-order valence-electron chi connectivity index (χ0n) is 18.3. The summed E-state index contributed by atoms with van der Waals surface area (Å²) in [5.74, 6) is -2.97. The number of aromatic carboxylic acids is 1. The fourth-order valence-corrected chi connectivity index (χ4v) is 3.02. The van der Waals surface area contributed by atoms with E-state index in [-0.39, 0.29) is 23.8 Å². The van der Waals surface area contributed by atoms with Gasteiger partial charge in [-0.1, -0.05) is 30.4 Å². The van der Waals surface area contributed by atoms with Crippen LogP contribution in [0.2, 0.25) is 0 Å². The third-order valence-corrected chi connectivity index (χ3v) is 5.85. The number of amides is 1. The van der Waals surface area contributed by atoms with Crippen molar-refractivity contribution in [3.63, 3.8) is 0 Å². The molecule has 0 heterocycles. The molecule has 0 saturated carbocycles. The smallest absolute Gasteiger partial charge is 0.335 e. The Morgan fingerprint density at radius 2 is 1.70 bits per heavy atom. The molecule has 182 valence electrons. The van der Waals surface area contributed by atoms with Crippen molar-refractivity contribution < 1.29 is 48.3 Å². The molecule has 7 N–H and O–H groups in total. The van der Waals surface area contributed by atoms with Crippen LogP contribution in [0, 0.1) is 6.92 Å². The first-order valence-electron chi connectivity index (χ1n) is 9.75. The number of hydrogen-bond donors (Lipinski definition) is 5. The zero-order valence-corrected chi connectivity index (χ0v) is 19.1. The zero-order chi connectivity index (χ0) is 25.2. The predicted molar refractivity (Wildman–Crippen MR) is 116 cm³/mol. The molecule has 0 fully saturated rings. The van der Waals surface area contributed by atoms with Crippen molar-refractivity contribution in [2.75, 3.05) is 25.1 Å². The lowest BCUT2D eigenvalue weighted by Gasteiger charge is -2.17. The van der Waals surface area contributed by atoms with E-state index in [9.17, 15) is 23.1 Å². The molecule has 0 aromatic heterocycles. The molecule has 33 heavy (non-hydrogen) atoms. The highest BCUT2D eigenvalue weighted by atomic mass is 32.2. The third kappa shape index (κ3) is 8.79. The van der Waals surface area contributed by atoms with Gasteiger partial charge in [-0.3, -0.25) is 8.98 Å². The molecular weight excluding hydrogens is 456 g/mol. The third-order valence-electron chi connectivity index (χ3n) is 4.57. The molecule has 0 saturated heterocycles. The summed E-state index contributed by atoms with van der Waals surface area (Å²) in [4.78, 5) is 22.4. The summed E-state index contributed by atoms with van der Waals surface area (Å²) in [5, 5.41) is 39.7.